The van der Waals surface area contributed by atoms with Gasteiger partial charge in [0, 0.05) is 13.7 Å². The first-order valence-electron chi connectivity index (χ1n) is 7.07. The largest absolute Gasteiger partial charge is 0.490 e. The van der Waals surface area contributed by atoms with Crippen molar-refractivity contribution in [2.45, 2.75) is 6.42 Å². The molecule has 0 aliphatic carbocycles. The Kier molecular flexibility index (Phi) is 8.77. The van der Waals surface area contributed by atoms with E-state index in [1.54, 1.807) is 30.3 Å². The summed E-state index contributed by atoms with van der Waals surface area (Å²) >= 11 is 0. The van der Waals surface area contributed by atoms with E-state index in [1.165, 1.54) is 13.3 Å². The van der Waals surface area contributed by atoms with Gasteiger partial charge in [-0.1, -0.05) is 12.7 Å². The molecule has 2 amide bonds. The Morgan fingerprint density at radius 3 is 2.65 bits per heavy atom. The number of hydrazone groups is 1. The van der Waals surface area contributed by atoms with Crippen molar-refractivity contribution in [2.24, 2.45) is 5.10 Å². The van der Waals surface area contributed by atoms with E-state index < -0.39 is 5.91 Å². The maximum absolute atomic E-state index is 11.5. The Morgan fingerprint density at radius 2 is 2.00 bits per heavy atom. The highest BCUT2D eigenvalue weighted by molar-refractivity contribution is 5.97. The molecule has 7 nitrogen and oxygen atoms in total. The summed E-state index contributed by atoms with van der Waals surface area (Å²) in [5.41, 5.74) is 3.09. The SMILES string of the molecule is C=CCOc1ccc(/C=N\NC(=O)CC(=O)NCCOC)cc1. The Bertz CT molecular complexity index is 541. The molecule has 0 fully saturated rings. The molecule has 0 saturated carbocycles. The van der Waals surface area contributed by atoms with Crippen molar-refractivity contribution in [3.05, 3.63) is 42.5 Å². The molecule has 0 heterocycles. The molecule has 124 valence electrons. The maximum Gasteiger partial charge on any atom is 0.249 e. The highest BCUT2D eigenvalue weighted by Gasteiger charge is 2.07. The average Bonchev–Trinajstić information content (AvgIpc) is 2.54. The predicted molar refractivity (Wildman–Crippen MR) is 87.4 cm³/mol. The lowest BCUT2D eigenvalue weighted by molar-refractivity contribution is -0.129. The van der Waals surface area contributed by atoms with Gasteiger partial charge in [-0.15, -0.1) is 0 Å². The van der Waals surface area contributed by atoms with Crippen molar-refractivity contribution >= 4 is 18.0 Å². The number of methoxy groups -OCH3 is 1. The normalized spacial score (nSPS) is 10.3. The summed E-state index contributed by atoms with van der Waals surface area (Å²) in [5, 5.41) is 6.34. The van der Waals surface area contributed by atoms with Crippen LogP contribution in [0, 0.1) is 0 Å². The van der Waals surface area contributed by atoms with Gasteiger partial charge >= 0.3 is 0 Å². The summed E-state index contributed by atoms with van der Waals surface area (Å²) < 4.78 is 10.1. The van der Waals surface area contributed by atoms with Crippen LogP contribution in [0.4, 0.5) is 0 Å². The van der Waals surface area contributed by atoms with Crippen molar-refractivity contribution in [3.63, 3.8) is 0 Å². The monoisotopic (exact) mass is 319 g/mol. The molecule has 0 aromatic heterocycles. The Balaban J connectivity index is 2.32. The summed E-state index contributed by atoms with van der Waals surface area (Å²) in [7, 11) is 1.53. The summed E-state index contributed by atoms with van der Waals surface area (Å²) in [4.78, 5) is 22.9. The fourth-order valence-electron chi connectivity index (χ4n) is 1.52. The molecule has 0 spiro atoms. The number of rotatable bonds is 10. The highest BCUT2D eigenvalue weighted by Crippen LogP contribution is 2.10. The molecule has 0 aliphatic heterocycles. The van der Waals surface area contributed by atoms with E-state index in [0.29, 0.717) is 19.8 Å². The fourth-order valence-corrected chi connectivity index (χ4v) is 1.52. The molecule has 2 N–H and O–H groups in total. The molecule has 1 aromatic carbocycles. The smallest absolute Gasteiger partial charge is 0.249 e. The van der Waals surface area contributed by atoms with Gasteiger partial charge in [-0.05, 0) is 29.8 Å². The lowest BCUT2D eigenvalue weighted by Gasteiger charge is -2.04. The molecule has 1 rings (SSSR count). The Labute approximate surface area is 135 Å². The zero-order valence-electron chi connectivity index (χ0n) is 13.1. The van der Waals surface area contributed by atoms with Gasteiger partial charge in [0.1, 0.15) is 18.8 Å². The van der Waals surface area contributed by atoms with Crippen LogP contribution >= 0.6 is 0 Å². The molecule has 0 aliphatic rings. The van der Waals surface area contributed by atoms with Gasteiger partial charge in [-0.2, -0.15) is 5.10 Å². The first-order chi connectivity index (χ1) is 11.2. The standard InChI is InChI=1S/C16H21N3O4/c1-3-9-23-14-6-4-13(5-7-14)12-18-19-16(21)11-15(20)17-8-10-22-2/h3-7,12H,1,8-11H2,2H3,(H,17,20)(H,19,21)/b18-12-. The third-order valence-corrected chi connectivity index (χ3v) is 2.60. The van der Waals surface area contributed by atoms with Crippen LogP contribution in [0.5, 0.6) is 5.75 Å². The van der Waals surface area contributed by atoms with Crippen molar-refractivity contribution in [2.75, 3.05) is 26.9 Å². The number of benzene rings is 1. The second-order valence-electron chi connectivity index (χ2n) is 4.48. The minimum atomic E-state index is -0.484. The van der Waals surface area contributed by atoms with Crippen LogP contribution in [0.15, 0.2) is 42.0 Å². The molecule has 23 heavy (non-hydrogen) atoms. The lowest BCUT2D eigenvalue weighted by Crippen LogP contribution is -2.31. The van der Waals surface area contributed by atoms with Gasteiger partial charge in [0.05, 0.1) is 12.8 Å². The van der Waals surface area contributed by atoms with Gasteiger partial charge in [0.15, 0.2) is 0 Å². The number of hydrogen-bond donors (Lipinski definition) is 2. The van der Waals surface area contributed by atoms with E-state index in [9.17, 15) is 9.59 Å². The van der Waals surface area contributed by atoms with E-state index in [1.807, 2.05) is 0 Å². The van der Waals surface area contributed by atoms with Gasteiger partial charge < -0.3 is 14.8 Å². The predicted octanol–water partition coefficient (Wildman–Crippen LogP) is 0.854. The van der Waals surface area contributed by atoms with Crippen molar-refractivity contribution in [3.8, 4) is 5.75 Å². The van der Waals surface area contributed by atoms with Crippen molar-refractivity contribution in [1.82, 2.24) is 10.7 Å². The number of hydrogen-bond acceptors (Lipinski definition) is 5. The third-order valence-electron chi connectivity index (χ3n) is 2.60. The topological polar surface area (TPSA) is 89.0 Å². The molecule has 0 atom stereocenters. The first-order valence-corrected chi connectivity index (χ1v) is 7.07. The number of carbonyl (C=O) groups is 2. The third kappa shape index (κ3) is 8.37. The van der Waals surface area contributed by atoms with E-state index in [0.717, 1.165) is 11.3 Å². The molecule has 1 aromatic rings. The molecular weight excluding hydrogens is 298 g/mol. The number of carbonyl (C=O) groups excluding carboxylic acids is 2. The molecule has 0 saturated heterocycles. The van der Waals surface area contributed by atoms with Gasteiger partial charge in [-0.25, -0.2) is 5.43 Å². The average molecular weight is 319 g/mol. The zero-order valence-corrected chi connectivity index (χ0v) is 13.1. The first kappa shape index (κ1) is 18.4. The van der Waals surface area contributed by atoms with E-state index in [-0.39, 0.29) is 12.3 Å². The zero-order chi connectivity index (χ0) is 16.9. The number of amides is 2. The molecule has 7 heteroatoms. The van der Waals surface area contributed by atoms with E-state index in [2.05, 4.69) is 22.4 Å². The second kappa shape index (κ2) is 11.0. The second-order valence-corrected chi connectivity index (χ2v) is 4.48. The molecule has 0 bridgehead atoms. The maximum atomic E-state index is 11.5. The summed E-state index contributed by atoms with van der Waals surface area (Å²) in [6.45, 7) is 4.78. The highest BCUT2D eigenvalue weighted by atomic mass is 16.5. The van der Waals surface area contributed by atoms with Crippen LogP contribution in [0.25, 0.3) is 0 Å². The van der Waals surface area contributed by atoms with Crippen LogP contribution in [-0.2, 0) is 14.3 Å². The summed E-state index contributed by atoms with van der Waals surface area (Å²) in [6.07, 6.45) is 2.86. The molecule has 0 unspecified atom stereocenters. The summed E-state index contributed by atoms with van der Waals surface area (Å²) in [6, 6.07) is 7.17. The van der Waals surface area contributed by atoms with Crippen molar-refractivity contribution in [1.29, 1.82) is 0 Å². The Morgan fingerprint density at radius 1 is 1.26 bits per heavy atom. The van der Waals surface area contributed by atoms with Crippen molar-refractivity contribution < 1.29 is 19.1 Å². The summed E-state index contributed by atoms with van der Waals surface area (Å²) in [5.74, 6) is -0.139. The fraction of sp³-hybridized carbons (Fsp3) is 0.312. The van der Waals surface area contributed by atoms with Crippen LogP contribution in [0.2, 0.25) is 0 Å². The van der Waals surface area contributed by atoms with Crippen LogP contribution < -0.4 is 15.5 Å². The number of nitrogens with zero attached hydrogens (tertiary/aromatic N) is 1. The van der Waals surface area contributed by atoms with Gasteiger partial charge in [0.25, 0.3) is 0 Å². The molecule has 0 radical (unpaired) electrons. The quantitative estimate of drug-likeness (QED) is 0.220. The van der Waals surface area contributed by atoms with Crippen LogP contribution in [-0.4, -0.2) is 44.9 Å². The minimum absolute atomic E-state index is 0.282. The molecular formula is C16H21N3O4. The van der Waals surface area contributed by atoms with Gasteiger partial charge in [0.2, 0.25) is 11.8 Å². The van der Waals surface area contributed by atoms with Gasteiger partial charge in [-0.3, -0.25) is 9.59 Å². The van der Waals surface area contributed by atoms with Crippen LogP contribution in [0.1, 0.15) is 12.0 Å². The van der Waals surface area contributed by atoms with E-state index >= 15 is 0 Å². The number of nitrogens with one attached hydrogen (secondary N) is 2. The van der Waals surface area contributed by atoms with Crippen LogP contribution in [0.3, 0.4) is 0 Å². The minimum Gasteiger partial charge on any atom is -0.490 e. The van der Waals surface area contributed by atoms with E-state index in [4.69, 9.17) is 9.47 Å². The Hall–Kier alpha value is -2.67. The lowest BCUT2D eigenvalue weighted by atomic mass is 10.2. The number of ether oxygens (including phenoxy) is 2.